The van der Waals surface area contributed by atoms with Gasteiger partial charge >= 0.3 is 29.5 Å². The van der Waals surface area contributed by atoms with Gasteiger partial charge in [-0.1, -0.05) is 18.2 Å². The fourth-order valence-corrected chi connectivity index (χ4v) is 1.95. The fourth-order valence-electron chi connectivity index (χ4n) is 1.95. The van der Waals surface area contributed by atoms with Gasteiger partial charge in [-0.05, 0) is 12.1 Å². The van der Waals surface area contributed by atoms with Crippen LogP contribution >= 0.6 is 0 Å². The quantitative estimate of drug-likeness (QED) is 0.537. The Bertz CT molecular complexity index is 573. The highest BCUT2D eigenvalue weighted by Gasteiger charge is 3.06. The molecule has 0 spiro atoms. The average molecular weight is 336 g/mol. The minimum Gasteiger partial charge on any atom is -0.196 e. The van der Waals surface area contributed by atoms with Crippen LogP contribution in [0.15, 0.2) is 40.6 Å². The maximum Gasteiger partial charge on any atom is 0.427 e. The van der Waals surface area contributed by atoms with E-state index in [1.54, 1.807) is 0 Å². The van der Waals surface area contributed by atoms with Gasteiger partial charge in [-0.3, -0.25) is 0 Å². The van der Waals surface area contributed by atoms with Gasteiger partial charge in [0.2, 0.25) is 0 Å². The molecule has 2 nitrogen and oxygen atoms in total. The third kappa shape index (κ3) is 1.64. The third-order valence-corrected chi connectivity index (χ3v) is 3.18. The summed E-state index contributed by atoms with van der Waals surface area (Å²) in [4.78, 5) is 0. The maximum atomic E-state index is 13.2. The van der Waals surface area contributed by atoms with Gasteiger partial charge in [0.1, 0.15) is 0 Å². The van der Waals surface area contributed by atoms with Gasteiger partial charge in [0.15, 0.2) is 0 Å². The lowest BCUT2D eigenvalue weighted by molar-refractivity contribution is -0.486. The molecule has 22 heavy (non-hydrogen) atoms. The second-order valence-corrected chi connectivity index (χ2v) is 4.47. The molecule has 0 saturated heterocycles. The minimum atomic E-state index is -6.44. The van der Waals surface area contributed by atoms with Gasteiger partial charge in [0.05, 0.1) is 5.69 Å². The predicted octanol–water partition coefficient (Wildman–Crippen LogP) is 4.99. The fraction of sp³-hybridized carbons (Fsp3) is 0.455. The molecule has 0 atom stereocenters. The molecular formula is C11H5F9N2. The van der Waals surface area contributed by atoms with E-state index in [9.17, 15) is 39.5 Å². The van der Waals surface area contributed by atoms with Crippen molar-refractivity contribution in [2.75, 3.05) is 0 Å². The van der Waals surface area contributed by atoms with E-state index < -0.39 is 35.2 Å². The maximum absolute atomic E-state index is 13.2. The molecule has 0 unspecified atom stereocenters. The molecule has 0 amide bonds. The number of halogens is 9. The Labute approximate surface area is 116 Å². The van der Waals surface area contributed by atoms with E-state index in [1.165, 1.54) is 18.2 Å². The van der Waals surface area contributed by atoms with E-state index in [-0.39, 0.29) is 0 Å². The highest BCUT2D eigenvalue weighted by atomic mass is 19.4. The molecule has 0 radical (unpaired) electrons. The second-order valence-electron chi connectivity index (χ2n) is 4.47. The molecule has 1 aliphatic carbocycles. The molecule has 0 aliphatic heterocycles. The number of azo groups is 1. The lowest BCUT2D eigenvalue weighted by atomic mass is 9.65. The summed E-state index contributed by atoms with van der Waals surface area (Å²) in [7, 11) is 0. The number of alkyl halides is 9. The van der Waals surface area contributed by atoms with Gasteiger partial charge in [0, 0.05) is 0 Å². The molecule has 1 aromatic carbocycles. The van der Waals surface area contributed by atoms with Crippen molar-refractivity contribution in [2.45, 2.75) is 29.5 Å². The number of hydrogen-bond donors (Lipinski definition) is 0. The van der Waals surface area contributed by atoms with Crippen molar-refractivity contribution in [3.8, 4) is 0 Å². The molecule has 0 heterocycles. The highest BCUT2D eigenvalue weighted by molar-refractivity contribution is 5.37. The zero-order valence-corrected chi connectivity index (χ0v) is 10.2. The van der Waals surface area contributed by atoms with Crippen molar-refractivity contribution in [3.63, 3.8) is 0 Å². The summed E-state index contributed by atoms with van der Waals surface area (Å²) in [6.07, 6.45) is -6.44. The molecule has 11 heteroatoms. The number of hydrogen-bond acceptors (Lipinski definition) is 2. The van der Waals surface area contributed by atoms with Crippen LogP contribution in [0.1, 0.15) is 0 Å². The van der Waals surface area contributed by atoms with E-state index >= 15 is 0 Å². The zero-order valence-electron chi connectivity index (χ0n) is 10.2. The SMILES string of the molecule is FC(F)(F)C1(N=Nc2ccccc2)C(F)(F)C(F)(F)C1(F)F. The van der Waals surface area contributed by atoms with E-state index in [2.05, 4.69) is 5.11 Å². The highest BCUT2D eigenvalue weighted by Crippen LogP contribution is 2.73. The van der Waals surface area contributed by atoms with Crippen LogP contribution in [0.4, 0.5) is 45.2 Å². The van der Waals surface area contributed by atoms with E-state index in [0.717, 1.165) is 12.1 Å². The monoisotopic (exact) mass is 336 g/mol. The van der Waals surface area contributed by atoms with Gasteiger partial charge in [-0.25, -0.2) is 0 Å². The van der Waals surface area contributed by atoms with Gasteiger partial charge in [0.25, 0.3) is 0 Å². The van der Waals surface area contributed by atoms with Crippen LogP contribution in [-0.2, 0) is 0 Å². The summed E-state index contributed by atoms with van der Waals surface area (Å²) in [6.45, 7) is 0. The second kappa shape index (κ2) is 4.35. The molecule has 1 saturated carbocycles. The molecule has 0 aromatic heterocycles. The first-order chi connectivity index (χ1) is 9.83. The summed E-state index contributed by atoms with van der Waals surface area (Å²) >= 11 is 0. The Morgan fingerprint density at radius 1 is 0.727 bits per heavy atom. The molecule has 0 bridgehead atoms. The number of nitrogens with zero attached hydrogens (tertiary/aromatic N) is 2. The first-order valence-electron chi connectivity index (χ1n) is 5.51. The molecule has 1 aliphatic rings. The molecule has 1 fully saturated rings. The molecular weight excluding hydrogens is 331 g/mol. The standard InChI is InChI=1S/C11H5F9N2/c12-8(13)7(11(18,19)20,9(14,15)10(8,16)17)22-21-6-4-2-1-3-5-6/h1-5H. The van der Waals surface area contributed by atoms with Crippen LogP contribution < -0.4 is 0 Å². The van der Waals surface area contributed by atoms with Gasteiger partial charge < -0.3 is 0 Å². The zero-order chi connectivity index (χ0) is 17.0. The van der Waals surface area contributed by atoms with Crippen LogP contribution in [0.5, 0.6) is 0 Å². The normalized spacial score (nSPS) is 25.0. The Kier molecular flexibility index (Phi) is 3.28. The van der Waals surface area contributed by atoms with Crippen molar-refractivity contribution in [3.05, 3.63) is 30.3 Å². The Balaban J connectivity index is 2.60. The first-order valence-corrected chi connectivity index (χ1v) is 5.51. The number of benzene rings is 1. The number of rotatable bonds is 2. The molecule has 1 aromatic rings. The van der Waals surface area contributed by atoms with Crippen LogP contribution in [0.25, 0.3) is 0 Å². The van der Waals surface area contributed by atoms with Crippen molar-refractivity contribution in [1.29, 1.82) is 0 Å². The lowest BCUT2D eigenvalue weighted by Crippen LogP contribution is -2.89. The summed E-state index contributed by atoms with van der Waals surface area (Å²) in [5.74, 6) is -18.5. The lowest BCUT2D eigenvalue weighted by Gasteiger charge is -2.55. The third-order valence-electron chi connectivity index (χ3n) is 3.18. The topological polar surface area (TPSA) is 24.7 Å². The Morgan fingerprint density at radius 3 is 1.59 bits per heavy atom. The predicted molar refractivity (Wildman–Crippen MR) is 54.6 cm³/mol. The molecule has 2 rings (SSSR count). The molecule has 0 N–H and O–H groups in total. The summed E-state index contributed by atoms with van der Waals surface area (Å²) in [5.41, 5.74) is -6.10. The van der Waals surface area contributed by atoms with E-state index in [1.807, 2.05) is 5.11 Å². The van der Waals surface area contributed by atoms with E-state index in [0.29, 0.717) is 0 Å². The smallest absolute Gasteiger partial charge is 0.196 e. The van der Waals surface area contributed by atoms with Crippen molar-refractivity contribution >= 4 is 5.69 Å². The summed E-state index contributed by atoms with van der Waals surface area (Å²) < 4.78 is 117. The van der Waals surface area contributed by atoms with Crippen LogP contribution in [0.2, 0.25) is 0 Å². The molecule has 122 valence electrons. The largest absolute Gasteiger partial charge is 0.427 e. The van der Waals surface area contributed by atoms with Crippen molar-refractivity contribution in [2.24, 2.45) is 10.2 Å². The Hall–Kier alpha value is -1.81. The van der Waals surface area contributed by atoms with Gasteiger partial charge in [-0.2, -0.15) is 49.7 Å². The minimum absolute atomic E-state index is 0.479. The first kappa shape index (κ1) is 16.6. The summed E-state index contributed by atoms with van der Waals surface area (Å²) in [6, 6.07) is 5.74. The van der Waals surface area contributed by atoms with E-state index in [4.69, 9.17) is 0 Å². The van der Waals surface area contributed by atoms with Crippen LogP contribution in [0, 0.1) is 0 Å². The Morgan fingerprint density at radius 2 is 1.18 bits per heavy atom. The summed E-state index contributed by atoms with van der Waals surface area (Å²) in [5, 5.41) is 4.56. The van der Waals surface area contributed by atoms with Crippen molar-refractivity contribution in [1.82, 2.24) is 0 Å². The average Bonchev–Trinajstić information content (AvgIpc) is 2.37. The van der Waals surface area contributed by atoms with Crippen LogP contribution in [-0.4, -0.2) is 29.5 Å². The van der Waals surface area contributed by atoms with Crippen molar-refractivity contribution < 1.29 is 39.5 Å². The van der Waals surface area contributed by atoms with Crippen LogP contribution in [0.3, 0.4) is 0 Å². The van der Waals surface area contributed by atoms with Gasteiger partial charge in [-0.15, -0.1) is 0 Å².